The lowest BCUT2D eigenvalue weighted by Crippen LogP contribution is -2.48. The van der Waals surface area contributed by atoms with Crippen molar-refractivity contribution in [1.82, 2.24) is 30.2 Å². The summed E-state index contributed by atoms with van der Waals surface area (Å²) < 4.78 is 7.04. The summed E-state index contributed by atoms with van der Waals surface area (Å²) in [4.78, 5) is 54.4. The molecule has 36 heavy (non-hydrogen) atoms. The van der Waals surface area contributed by atoms with Gasteiger partial charge in [-0.1, -0.05) is 25.1 Å². The highest BCUT2D eigenvalue weighted by Gasteiger charge is 2.41. The van der Waals surface area contributed by atoms with Gasteiger partial charge in [0.25, 0.3) is 11.8 Å². The second-order valence-electron chi connectivity index (χ2n) is 9.03. The van der Waals surface area contributed by atoms with E-state index in [0.29, 0.717) is 28.6 Å². The van der Waals surface area contributed by atoms with Crippen LogP contribution in [0.3, 0.4) is 0 Å². The van der Waals surface area contributed by atoms with Gasteiger partial charge in [-0.3, -0.25) is 23.9 Å². The van der Waals surface area contributed by atoms with Gasteiger partial charge in [0.15, 0.2) is 0 Å². The van der Waals surface area contributed by atoms with Crippen LogP contribution >= 0.6 is 0 Å². The van der Waals surface area contributed by atoms with Crippen molar-refractivity contribution in [2.45, 2.75) is 31.8 Å². The molecule has 1 aliphatic rings. The van der Waals surface area contributed by atoms with Gasteiger partial charge in [-0.2, -0.15) is 5.10 Å². The standard InChI is InChI=1S/C25H30N6O5/c1-5-15-10-19(30(4)28-15)24(34)27-16-11-20(23(33)26-12-22(32)29(2)3)31(13-16)25(35)18-14-36-21-9-7-6-8-17(18)21/h6-10,14,16,20H,5,11-13H2,1-4H3,(H,26,33)(H,27,34)/t16-,20+/m1/s1. The van der Waals surface area contributed by atoms with Crippen molar-refractivity contribution in [3.05, 3.63) is 53.5 Å². The van der Waals surface area contributed by atoms with E-state index in [1.165, 1.54) is 20.7 Å². The Bertz CT molecular complexity index is 1310. The Morgan fingerprint density at radius 2 is 1.94 bits per heavy atom. The largest absolute Gasteiger partial charge is 0.463 e. The summed E-state index contributed by atoms with van der Waals surface area (Å²) in [6.45, 7) is 1.89. The third-order valence-corrected chi connectivity index (χ3v) is 6.35. The molecule has 1 aromatic carbocycles. The summed E-state index contributed by atoms with van der Waals surface area (Å²) in [7, 11) is 4.89. The van der Waals surface area contributed by atoms with E-state index in [1.807, 2.05) is 13.0 Å². The van der Waals surface area contributed by atoms with Gasteiger partial charge in [-0.15, -0.1) is 0 Å². The number of amides is 4. The van der Waals surface area contributed by atoms with Crippen molar-refractivity contribution in [1.29, 1.82) is 0 Å². The van der Waals surface area contributed by atoms with Crippen molar-refractivity contribution in [3.63, 3.8) is 0 Å². The SMILES string of the molecule is CCc1cc(C(=O)N[C@@H]2C[C@@H](C(=O)NCC(=O)N(C)C)N(C(=O)c3coc4ccccc34)C2)n(C)n1. The van der Waals surface area contributed by atoms with Crippen molar-refractivity contribution < 1.29 is 23.6 Å². The normalized spacial score (nSPS) is 17.3. The maximum absolute atomic E-state index is 13.6. The fourth-order valence-corrected chi connectivity index (χ4v) is 4.32. The highest BCUT2D eigenvalue weighted by atomic mass is 16.3. The van der Waals surface area contributed by atoms with Crippen LogP contribution in [0, 0.1) is 0 Å². The Labute approximate surface area is 208 Å². The average Bonchev–Trinajstić information content (AvgIpc) is 3.58. The highest BCUT2D eigenvalue weighted by molar-refractivity contribution is 6.07. The molecule has 0 saturated carbocycles. The third kappa shape index (κ3) is 4.95. The third-order valence-electron chi connectivity index (χ3n) is 6.35. The number of benzene rings is 1. The molecule has 1 aliphatic heterocycles. The maximum atomic E-state index is 13.6. The number of fused-ring (bicyclic) bond motifs is 1. The Morgan fingerprint density at radius 3 is 2.64 bits per heavy atom. The van der Waals surface area contributed by atoms with Gasteiger partial charge in [0, 0.05) is 39.1 Å². The van der Waals surface area contributed by atoms with E-state index in [1.54, 1.807) is 45.4 Å². The molecular formula is C25H30N6O5. The number of hydrogen-bond donors (Lipinski definition) is 2. The molecule has 0 bridgehead atoms. The number of aryl methyl sites for hydroxylation is 2. The predicted octanol–water partition coefficient (Wildman–Crippen LogP) is 0.946. The van der Waals surface area contributed by atoms with Gasteiger partial charge in [-0.05, 0) is 25.0 Å². The van der Waals surface area contributed by atoms with Crippen LogP contribution in [-0.2, 0) is 23.1 Å². The molecule has 2 atom stereocenters. The van der Waals surface area contributed by atoms with Gasteiger partial charge < -0.3 is 24.9 Å². The molecule has 1 fully saturated rings. The highest BCUT2D eigenvalue weighted by Crippen LogP contribution is 2.27. The molecule has 1 saturated heterocycles. The van der Waals surface area contributed by atoms with Crippen LogP contribution in [0.4, 0.5) is 0 Å². The van der Waals surface area contributed by atoms with Crippen LogP contribution in [0.25, 0.3) is 11.0 Å². The first-order valence-electron chi connectivity index (χ1n) is 11.8. The molecule has 11 nitrogen and oxygen atoms in total. The van der Waals surface area contributed by atoms with Gasteiger partial charge in [0.2, 0.25) is 11.8 Å². The lowest BCUT2D eigenvalue weighted by molar-refractivity contribution is -0.132. The number of para-hydroxylation sites is 1. The zero-order valence-corrected chi connectivity index (χ0v) is 20.8. The minimum Gasteiger partial charge on any atom is -0.463 e. The maximum Gasteiger partial charge on any atom is 0.269 e. The van der Waals surface area contributed by atoms with Crippen LogP contribution in [0.1, 0.15) is 39.9 Å². The van der Waals surface area contributed by atoms with Gasteiger partial charge in [0.1, 0.15) is 23.6 Å². The van der Waals surface area contributed by atoms with E-state index >= 15 is 0 Å². The minimum atomic E-state index is -0.871. The number of nitrogens with zero attached hydrogens (tertiary/aromatic N) is 4. The Balaban J connectivity index is 1.56. The Kier molecular flexibility index (Phi) is 7.09. The van der Waals surface area contributed by atoms with Crippen LogP contribution < -0.4 is 10.6 Å². The van der Waals surface area contributed by atoms with Crippen molar-refractivity contribution >= 4 is 34.6 Å². The molecule has 3 aromatic rings. The van der Waals surface area contributed by atoms with Gasteiger partial charge in [-0.25, -0.2) is 0 Å². The molecule has 0 radical (unpaired) electrons. The summed E-state index contributed by atoms with van der Waals surface area (Å²) in [5.41, 5.74) is 2.08. The Morgan fingerprint density at radius 1 is 1.19 bits per heavy atom. The van der Waals surface area contributed by atoms with Gasteiger partial charge >= 0.3 is 0 Å². The smallest absolute Gasteiger partial charge is 0.269 e. The van der Waals surface area contributed by atoms with Crippen LogP contribution in [0.15, 0.2) is 41.0 Å². The average molecular weight is 495 g/mol. The number of rotatable bonds is 7. The molecule has 190 valence electrons. The molecule has 0 spiro atoms. The molecule has 2 N–H and O–H groups in total. The predicted molar refractivity (Wildman–Crippen MR) is 131 cm³/mol. The minimum absolute atomic E-state index is 0.127. The summed E-state index contributed by atoms with van der Waals surface area (Å²) in [5, 5.41) is 10.5. The molecule has 3 heterocycles. The molecule has 4 amide bonds. The lowest BCUT2D eigenvalue weighted by atomic mass is 10.1. The summed E-state index contributed by atoms with van der Waals surface area (Å²) in [6.07, 6.45) is 2.28. The number of carbonyl (C=O) groups is 4. The number of nitrogens with one attached hydrogen (secondary N) is 2. The van der Waals surface area contributed by atoms with Crippen LogP contribution in [0.5, 0.6) is 0 Å². The monoisotopic (exact) mass is 494 g/mol. The zero-order chi connectivity index (χ0) is 26.0. The fourth-order valence-electron chi connectivity index (χ4n) is 4.32. The van der Waals surface area contributed by atoms with Crippen molar-refractivity contribution in [2.24, 2.45) is 7.05 Å². The number of likely N-dealkylation sites (tertiary alicyclic amines) is 1. The van der Waals surface area contributed by atoms with Crippen molar-refractivity contribution in [2.75, 3.05) is 27.2 Å². The first-order valence-corrected chi connectivity index (χ1v) is 11.8. The first kappa shape index (κ1) is 25.0. The van der Waals surface area contributed by atoms with Crippen molar-refractivity contribution in [3.8, 4) is 0 Å². The number of carbonyl (C=O) groups excluding carboxylic acids is 4. The van der Waals surface area contributed by atoms with E-state index in [0.717, 1.165) is 5.69 Å². The Hall–Kier alpha value is -4.15. The second-order valence-corrected chi connectivity index (χ2v) is 9.03. The molecule has 0 aliphatic carbocycles. The first-order chi connectivity index (χ1) is 17.2. The molecule has 4 rings (SSSR count). The number of aromatic nitrogens is 2. The van der Waals surface area contributed by atoms with E-state index in [-0.39, 0.29) is 37.2 Å². The number of furan rings is 1. The second kappa shape index (κ2) is 10.2. The fraction of sp³-hybridized carbons (Fsp3) is 0.400. The number of hydrogen-bond acceptors (Lipinski definition) is 6. The van der Waals surface area contributed by atoms with E-state index in [2.05, 4.69) is 15.7 Å². The molecule has 11 heteroatoms. The summed E-state index contributed by atoms with van der Waals surface area (Å²) in [6, 6.07) is 7.53. The van der Waals surface area contributed by atoms with E-state index < -0.39 is 18.0 Å². The zero-order valence-electron chi connectivity index (χ0n) is 20.8. The van der Waals surface area contributed by atoms with Crippen LogP contribution in [-0.4, -0.2) is 82.5 Å². The topological polar surface area (TPSA) is 130 Å². The number of likely N-dealkylation sites (N-methyl/N-ethyl adjacent to an activating group) is 1. The van der Waals surface area contributed by atoms with Crippen LogP contribution in [0.2, 0.25) is 0 Å². The quantitative estimate of drug-likeness (QED) is 0.503. The lowest BCUT2D eigenvalue weighted by Gasteiger charge is -2.23. The van der Waals surface area contributed by atoms with Gasteiger partial charge in [0.05, 0.1) is 17.8 Å². The summed E-state index contributed by atoms with van der Waals surface area (Å²) >= 11 is 0. The molecular weight excluding hydrogens is 464 g/mol. The summed E-state index contributed by atoms with van der Waals surface area (Å²) in [5.74, 6) is -1.45. The molecule has 0 unspecified atom stereocenters. The molecule has 2 aromatic heterocycles. The van der Waals surface area contributed by atoms with E-state index in [4.69, 9.17) is 4.42 Å². The van der Waals surface area contributed by atoms with E-state index in [9.17, 15) is 19.2 Å².